The van der Waals surface area contributed by atoms with Crippen molar-refractivity contribution >= 4 is 16.9 Å². The number of halogens is 2. The molecule has 5 heteroatoms. The number of amides is 1. The van der Waals surface area contributed by atoms with Crippen molar-refractivity contribution in [1.29, 1.82) is 0 Å². The lowest BCUT2D eigenvalue weighted by Gasteiger charge is -2.32. The number of carbonyl (C=O) groups is 1. The van der Waals surface area contributed by atoms with Gasteiger partial charge in [0.25, 0.3) is 5.91 Å². The average Bonchev–Trinajstić information content (AvgIpc) is 2.89. The maximum absolute atomic E-state index is 13.1. The summed E-state index contributed by atoms with van der Waals surface area (Å²) in [5.74, 6) is -3.30. The topological polar surface area (TPSA) is 33.5 Å². The average molecular weight is 293 g/mol. The van der Waals surface area contributed by atoms with E-state index in [9.17, 15) is 13.6 Å². The van der Waals surface area contributed by atoms with Crippen molar-refractivity contribution in [3.8, 4) is 0 Å². The van der Waals surface area contributed by atoms with Gasteiger partial charge in [0.05, 0.1) is 0 Å². The molecule has 0 N–H and O–H groups in total. The van der Waals surface area contributed by atoms with Crippen molar-refractivity contribution in [3.63, 3.8) is 0 Å². The zero-order valence-electron chi connectivity index (χ0n) is 11.8. The summed E-state index contributed by atoms with van der Waals surface area (Å²) in [6.07, 6.45) is 1.31. The number of hydrogen-bond acceptors (Lipinski definition) is 2. The van der Waals surface area contributed by atoms with Crippen LogP contribution in [0.15, 0.2) is 34.7 Å². The van der Waals surface area contributed by atoms with Gasteiger partial charge in [-0.25, -0.2) is 0 Å². The summed E-state index contributed by atoms with van der Waals surface area (Å²) in [6.45, 7) is 1.36. The van der Waals surface area contributed by atoms with E-state index in [4.69, 9.17) is 4.42 Å². The van der Waals surface area contributed by atoms with E-state index in [2.05, 4.69) is 0 Å². The Labute approximate surface area is 121 Å². The molecule has 1 aliphatic rings. The van der Waals surface area contributed by atoms with Crippen LogP contribution < -0.4 is 0 Å². The molecule has 21 heavy (non-hydrogen) atoms. The van der Waals surface area contributed by atoms with Crippen LogP contribution in [0, 0.1) is 0 Å². The van der Waals surface area contributed by atoms with Crippen molar-refractivity contribution < 1.29 is 18.0 Å². The molecule has 1 saturated heterocycles. The quantitative estimate of drug-likeness (QED) is 0.844. The van der Waals surface area contributed by atoms with Crippen LogP contribution >= 0.6 is 0 Å². The smallest absolute Gasteiger partial charge is 0.322 e. The highest BCUT2D eigenvalue weighted by Crippen LogP contribution is 2.33. The van der Waals surface area contributed by atoms with Gasteiger partial charge in [0.1, 0.15) is 11.3 Å². The molecule has 0 unspecified atom stereocenters. The summed E-state index contributed by atoms with van der Waals surface area (Å²) < 4.78 is 31.9. The van der Waals surface area contributed by atoms with Gasteiger partial charge in [-0.3, -0.25) is 4.79 Å². The Balaban J connectivity index is 1.69. The standard InChI is InChI=1S/C16H17F2NO2/c1-16(17,18)15(20)19-8-6-11(7-9-19)14-10-12-4-2-3-5-13(12)21-14/h2-5,10-11H,6-9H2,1H3. The molecular weight excluding hydrogens is 276 g/mol. The molecule has 0 aliphatic carbocycles. The van der Waals surface area contributed by atoms with E-state index in [-0.39, 0.29) is 5.92 Å². The number of likely N-dealkylation sites (tertiary alicyclic amines) is 1. The summed E-state index contributed by atoms with van der Waals surface area (Å²) in [5.41, 5.74) is 0.839. The lowest BCUT2D eigenvalue weighted by molar-refractivity contribution is -0.156. The van der Waals surface area contributed by atoms with Crippen LogP contribution in [0.2, 0.25) is 0 Å². The van der Waals surface area contributed by atoms with Crippen LogP contribution in [-0.2, 0) is 4.79 Å². The number of rotatable bonds is 2. The van der Waals surface area contributed by atoms with Gasteiger partial charge in [-0.1, -0.05) is 18.2 Å². The van der Waals surface area contributed by atoms with E-state index < -0.39 is 11.8 Å². The molecule has 1 amide bonds. The van der Waals surface area contributed by atoms with E-state index >= 15 is 0 Å². The normalized spacial score (nSPS) is 17.4. The number of nitrogens with zero attached hydrogens (tertiary/aromatic N) is 1. The Morgan fingerprint density at radius 1 is 1.29 bits per heavy atom. The third-order valence-corrected chi connectivity index (χ3v) is 4.00. The lowest BCUT2D eigenvalue weighted by Crippen LogP contribution is -2.45. The zero-order chi connectivity index (χ0) is 15.0. The highest BCUT2D eigenvalue weighted by Gasteiger charge is 2.38. The molecule has 0 atom stereocenters. The Hall–Kier alpha value is -1.91. The highest BCUT2D eigenvalue weighted by atomic mass is 19.3. The monoisotopic (exact) mass is 293 g/mol. The van der Waals surface area contributed by atoms with Crippen LogP contribution in [0.25, 0.3) is 11.0 Å². The van der Waals surface area contributed by atoms with Gasteiger partial charge in [-0.15, -0.1) is 0 Å². The Morgan fingerprint density at radius 3 is 2.57 bits per heavy atom. The van der Waals surface area contributed by atoms with Crippen LogP contribution in [0.4, 0.5) is 8.78 Å². The first-order valence-electron chi connectivity index (χ1n) is 7.11. The second-order valence-corrected chi connectivity index (χ2v) is 5.64. The third-order valence-electron chi connectivity index (χ3n) is 4.00. The molecule has 2 aromatic rings. The molecule has 0 bridgehead atoms. The highest BCUT2D eigenvalue weighted by molar-refractivity contribution is 5.83. The van der Waals surface area contributed by atoms with Crippen molar-refractivity contribution in [2.45, 2.75) is 31.6 Å². The van der Waals surface area contributed by atoms with E-state index in [1.165, 1.54) is 4.90 Å². The van der Waals surface area contributed by atoms with E-state index in [1.807, 2.05) is 30.3 Å². The first kappa shape index (κ1) is 14.0. The number of piperidine rings is 1. The second-order valence-electron chi connectivity index (χ2n) is 5.64. The minimum Gasteiger partial charge on any atom is -0.461 e. The number of carbonyl (C=O) groups excluding carboxylic acids is 1. The molecule has 3 nitrogen and oxygen atoms in total. The minimum atomic E-state index is -3.29. The fourth-order valence-corrected chi connectivity index (χ4v) is 2.85. The predicted molar refractivity (Wildman–Crippen MR) is 75.4 cm³/mol. The van der Waals surface area contributed by atoms with Gasteiger partial charge >= 0.3 is 5.92 Å². The van der Waals surface area contributed by atoms with Gasteiger partial charge in [0.15, 0.2) is 0 Å². The van der Waals surface area contributed by atoms with Crippen LogP contribution in [0.1, 0.15) is 31.4 Å². The fourth-order valence-electron chi connectivity index (χ4n) is 2.85. The Morgan fingerprint density at radius 2 is 1.95 bits per heavy atom. The largest absolute Gasteiger partial charge is 0.461 e. The molecule has 3 rings (SSSR count). The number of alkyl halides is 2. The minimum absolute atomic E-state index is 0.187. The summed E-state index contributed by atoms with van der Waals surface area (Å²) in [5, 5.41) is 1.05. The zero-order valence-corrected chi connectivity index (χ0v) is 11.8. The molecule has 1 aromatic carbocycles. The van der Waals surface area contributed by atoms with Gasteiger partial charge in [-0.2, -0.15) is 8.78 Å². The van der Waals surface area contributed by atoms with Gasteiger partial charge < -0.3 is 9.32 Å². The number of furan rings is 1. The number of hydrogen-bond donors (Lipinski definition) is 0. The fraction of sp³-hybridized carbons (Fsp3) is 0.438. The van der Waals surface area contributed by atoms with Crippen molar-refractivity contribution in [2.75, 3.05) is 13.1 Å². The molecule has 2 heterocycles. The first-order chi connectivity index (χ1) is 9.95. The number of fused-ring (bicyclic) bond motifs is 1. The van der Waals surface area contributed by atoms with Gasteiger partial charge in [0.2, 0.25) is 0 Å². The summed E-state index contributed by atoms with van der Waals surface area (Å²) in [4.78, 5) is 12.8. The Bertz CT molecular complexity index is 619. The second kappa shape index (κ2) is 5.13. The van der Waals surface area contributed by atoms with Gasteiger partial charge in [0, 0.05) is 31.3 Å². The van der Waals surface area contributed by atoms with Crippen molar-refractivity contribution in [2.24, 2.45) is 0 Å². The third kappa shape index (κ3) is 2.77. The predicted octanol–water partition coefficient (Wildman–Crippen LogP) is 3.79. The molecule has 0 radical (unpaired) electrons. The number of benzene rings is 1. The van der Waals surface area contributed by atoms with Crippen LogP contribution in [0.3, 0.4) is 0 Å². The van der Waals surface area contributed by atoms with E-state index in [0.29, 0.717) is 32.9 Å². The first-order valence-corrected chi connectivity index (χ1v) is 7.11. The Kier molecular flexibility index (Phi) is 3.43. The van der Waals surface area contributed by atoms with E-state index in [0.717, 1.165) is 16.7 Å². The van der Waals surface area contributed by atoms with Gasteiger partial charge in [-0.05, 0) is 25.0 Å². The van der Waals surface area contributed by atoms with Crippen LogP contribution in [0.5, 0.6) is 0 Å². The van der Waals surface area contributed by atoms with Crippen LogP contribution in [-0.4, -0.2) is 29.8 Å². The lowest BCUT2D eigenvalue weighted by atomic mass is 9.94. The summed E-state index contributed by atoms with van der Waals surface area (Å²) in [7, 11) is 0. The maximum atomic E-state index is 13.1. The number of para-hydroxylation sites is 1. The SMILES string of the molecule is CC(F)(F)C(=O)N1CCC(c2cc3ccccc3o2)CC1. The van der Waals surface area contributed by atoms with Crippen molar-refractivity contribution in [1.82, 2.24) is 4.90 Å². The van der Waals surface area contributed by atoms with E-state index in [1.54, 1.807) is 0 Å². The molecular formula is C16H17F2NO2. The molecule has 0 saturated carbocycles. The molecule has 0 spiro atoms. The molecule has 1 aliphatic heterocycles. The maximum Gasteiger partial charge on any atom is 0.322 e. The summed E-state index contributed by atoms with van der Waals surface area (Å²) in [6, 6.07) is 9.77. The van der Waals surface area contributed by atoms with Crippen molar-refractivity contribution in [3.05, 3.63) is 36.1 Å². The molecule has 112 valence electrons. The molecule has 1 aromatic heterocycles. The summed E-state index contributed by atoms with van der Waals surface area (Å²) >= 11 is 0. The molecule has 1 fully saturated rings.